The number of nitrogens with zero attached hydrogens (tertiary/aromatic N) is 3. The molecule has 1 aromatic carbocycles. The van der Waals surface area contributed by atoms with Crippen LogP contribution in [0.15, 0.2) is 30.9 Å². The van der Waals surface area contributed by atoms with E-state index >= 15 is 0 Å². The summed E-state index contributed by atoms with van der Waals surface area (Å²) in [5.41, 5.74) is 0.324. The Hall–Kier alpha value is -1.91. The second-order valence-electron chi connectivity index (χ2n) is 2.48. The maximum Gasteiger partial charge on any atom is 0.175 e. The SMILES string of the molecule is Oc1c(F)cccc1-n1cnnc1. The van der Waals surface area contributed by atoms with Crippen molar-refractivity contribution < 1.29 is 9.50 Å². The summed E-state index contributed by atoms with van der Waals surface area (Å²) in [6.07, 6.45) is 2.77. The maximum absolute atomic E-state index is 12.9. The van der Waals surface area contributed by atoms with Crippen molar-refractivity contribution in [3.8, 4) is 11.4 Å². The summed E-state index contributed by atoms with van der Waals surface area (Å²) in [5.74, 6) is -1.06. The monoisotopic (exact) mass is 179 g/mol. The van der Waals surface area contributed by atoms with Gasteiger partial charge in [-0.3, -0.25) is 4.57 Å². The van der Waals surface area contributed by atoms with Crippen LogP contribution in [0, 0.1) is 5.82 Å². The number of halogens is 1. The van der Waals surface area contributed by atoms with Crippen LogP contribution >= 0.6 is 0 Å². The van der Waals surface area contributed by atoms with Gasteiger partial charge in [-0.15, -0.1) is 10.2 Å². The number of para-hydroxylation sites is 1. The van der Waals surface area contributed by atoms with E-state index in [0.29, 0.717) is 5.69 Å². The van der Waals surface area contributed by atoms with Gasteiger partial charge in [0.15, 0.2) is 11.6 Å². The van der Waals surface area contributed by atoms with E-state index in [1.165, 1.54) is 29.4 Å². The molecule has 0 atom stereocenters. The highest BCUT2D eigenvalue weighted by Crippen LogP contribution is 2.23. The summed E-state index contributed by atoms with van der Waals surface area (Å²) in [6.45, 7) is 0. The highest BCUT2D eigenvalue weighted by Gasteiger charge is 2.07. The van der Waals surface area contributed by atoms with E-state index in [9.17, 15) is 9.50 Å². The van der Waals surface area contributed by atoms with Gasteiger partial charge in [-0.25, -0.2) is 4.39 Å². The lowest BCUT2D eigenvalue weighted by molar-refractivity contribution is 0.430. The minimum atomic E-state index is -0.661. The molecule has 66 valence electrons. The van der Waals surface area contributed by atoms with Crippen LogP contribution < -0.4 is 0 Å². The Morgan fingerprint density at radius 2 is 1.92 bits per heavy atom. The standard InChI is InChI=1S/C8H6FN3O/c9-6-2-1-3-7(8(6)13)12-4-10-11-5-12/h1-5,13H. The van der Waals surface area contributed by atoms with E-state index in [0.717, 1.165) is 0 Å². The van der Waals surface area contributed by atoms with E-state index in [1.54, 1.807) is 6.07 Å². The van der Waals surface area contributed by atoms with Gasteiger partial charge in [0.1, 0.15) is 12.7 Å². The molecular formula is C8H6FN3O. The first-order chi connectivity index (χ1) is 6.29. The summed E-state index contributed by atoms with van der Waals surface area (Å²) >= 11 is 0. The van der Waals surface area contributed by atoms with Crippen molar-refractivity contribution in [2.24, 2.45) is 0 Å². The normalized spacial score (nSPS) is 10.2. The van der Waals surface area contributed by atoms with Crippen LogP contribution in [0.1, 0.15) is 0 Å². The fraction of sp³-hybridized carbons (Fsp3) is 0. The second kappa shape index (κ2) is 2.85. The smallest absolute Gasteiger partial charge is 0.175 e. The number of aromatic hydroxyl groups is 1. The molecule has 0 radical (unpaired) electrons. The minimum Gasteiger partial charge on any atom is -0.503 e. The summed E-state index contributed by atoms with van der Waals surface area (Å²) < 4.78 is 14.3. The zero-order chi connectivity index (χ0) is 9.26. The summed E-state index contributed by atoms with van der Waals surface area (Å²) in [7, 11) is 0. The molecular weight excluding hydrogens is 173 g/mol. The van der Waals surface area contributed by atoms with E-state index in [2.05, 4.69) is 10.2 Å². The van der Waals surface area contributed by atoms with Crippen LogP contribution in [-0.2, 0) is 0 Å². The molecule has 0 aliphatic carbocycles. The molecule has 0 fully saturated rings. The molecule has 0 bridgehead atoms. The average molecular weight is 179 g/mol. The van der Waals surface area contributed by atoms with Gasteiger partial charge in [0, 0.05) is 0 Å². The lowest BCUT2D eigenvalue weighted by Crippen LogP contribution is -1.91. The van der Waals surface area contributed by atoms with Crippen molar-refractivity contribution in [1.29, 1.82) is 0 Å². The Bertz CT molecular complexity index is 413. The quantitative estimate of drug-likeness (QED) is 0.713. The van der Waals surface area contributed by atoms with E-state index in [-0.39, 0.29) is 0 Å². The van der Waals surface area contributed by atoms with Crippen LogP contribution in [-0.4, -0.2) is 19.9 Å². The molecule has 0 saturated heterocycles. The van der Waals surface area contributed by atoms with Gasteiger partial charge in [-0.05, 0) is 12.1 Å². The van der Waals surface area contributed by atoms with Gasteiger partial charge in [0.05, 0.1) is 5.69 Å². The Kier molecular flexibility index (Phi) is 1.70. The van der Waals surface area contributed by atoms with Crippen LogP contribution in [0.2, 0.25) is 0 Å². The molecule has 2 rings (SSSR count). The summed E-state index contributed by atoms with van der Waals surface area (Å²) in [5, 5.41) is 16.4. The van der Waals surface area contributed by atoms with Crippen molar-refractivity contribution in [3.05, 3.63) is 36.7 Å². The molecule has 1 heterocycles. The number of benzene rings is 1. The number of hydrogen-bond acceptors (Lipinski definition) is 3. The van der Waals surface area contributed by atoms with E-state index in [4.69, 9.17) is 0 Å². The van der Waals surface area contributed by atoms with Gasteiger partial charge in [0.25, 0.3) is 0 Å². The van der Waals surface area contributed by atoms with Gasteiger partial charge in [-0.2, -0.15) is 0 Å². The van der Waals surface area contributed by atoms with Crippen molar-refractivity contribution in [1.82, 2.24) is 14.8 Å². The van der Waals surface area contributed by atoms with Crippen molar-refractivity contribution in [2.45, 2.75) is 0 Å². The molecule has 1 N–H and O–H groups in total. The summed E-state index contributed by atoms with van der Waals surface area (Å²) in [6, 6.07) is 4.26. The molecule has 0 amide bonds. The minimum absolute atomic E-state index is 0.324. The third kappa shape index (κ3) is 1.24. The summed E-state index contributed by atoms with van der Waals surface area (Å²) in [4.78, 5) is 0. The van der Waals surface area contributed by atoms with Gasteiger partial charge >= 0.3 is 0 Å². The third-order valence-electron chi connectivity index (χ3n) is 1.66. The van der Waals surface area contributed by atoms with Crippen molar-refractivity contribution in [3.63, 3.8) is 0 Å². The van der Waals surface area contributed by atoms with Crippen LogP contribution in [0.3, 0.4) is 0 Å². The molecule has 0 unspecified atom stereocenters. The number of phenols is 1. The molecule has 0 aliphatic heterocycles. The van der Waals surface area contributed by atoms with Crippen LogP contribution in [0.4, 0.5) is 4.39 Å². The number of rotatable bonds is 1. The predicted molar refractivity (Wildman–Crippen MR) is 43.0 cm³/mol. The maximum atomic E-state index is 12.9. The Morgan fingerprint density at radius 1 is 1.23 bits per heavy atom. The molecule has 1 aromatic heterocycles. The largest absolute Gasteiger partial charge is 0.503 e. The molecule has 5 heteroatoms. The predicted octanol–water partition coefficient (Wildman–Crippen LogP) is 1.11. The third-order valence-corrected chi connectivity index (χ3v) is 1.66. The Morgan fingerprint density at radius 3 is 2.62 bits per heavy atom. The lowest BCUT2D eigenvalue weighted by Gasteiger charge is -2.03. The first-order valence-corrected chi connectivity index (χ1v) is 3.61. The fourth-order valence-electron chi connectivity index (χ4n) is 1.04. The first kappa shape index (κ1) is 7.72. The van der Waals surface area contributed by atoms with E-state index in [1.807, 2.05) is 0 Å². The molecule has 13 heavy (non-hydrogen) atoms. The number of phenolic OH excluding ortho intramolecular Hbond substituents is 1. The average Bonchev–Trinajstić information content (AvgIpc) is 2.62. The Balaban J connectivity index is 2.59. The second-order valence-corrected chi connectivity index (χ2v) is 2.48. The molecule has 4 nitrogen and oxygen atoms in total. The highest BCUT2D eigenvalue weighted by molar-refractivity contribution is 5.45. The number of aromatic nitrogens is 3. The zero-order valence-electron chi connectivity index (χ0n) is 6.55. The van der Waals surface area contributed by atoms with Gasteiger partial charge in [0.2, 0.25) is 0 Å². The molecule has 0 spiro atoms. The van der Waals surface area contributed by atoms with Crippen LogP contribution in [0.25, 0.3) is 5.69 Å². The number of hydrogen-bond donors (Lipinski definition) is 1. The fourth-order valence-corrected chi connectivity index (χ4v) is 1.04. The van der Waals surface area contributed by atoms with E-state index < -0.39 is 11.6 Å². The molecule has 0 aliphatic rings. The van der Waals surface area contributed by atoms with Gasteiger partial charge < -0.3 is 5.11 Å². The molecule has 2 aromatic rings. The van der Waals surface area contributed by atoms with Crippen molar-refractivity contribution >= 4 is 0 Å². The van der Waals surface area contributed by atoms with Crippen molar-refractivity contribution in [2.75, 3.05) is 0 Å². The zero-order valence-corrected chi connectivity index (χ0v) is 6.55. The molecule has 0 saturated carbocycles. The first-order valence-electron chi connectivity index (χ1n) is 3.61. The van der Waals surface area contributed by atoms with Gasteiger partial charge in [-0.1, -0.05) is 6.07 Å². The topological polar surface area (TPSA) is 50.9 Å². The Labute approximate surface area is 73.3 Å². The van der Waals surface area contributed by atoms with Crippen LogP contribution in [0.5, 0.6) is 5.75 Å². The lowest BCUT2D eigenvalue weighted by atomic mass is 10.3. The highest BCUT2D eigenvalue weighted by atomic mass is 19.1.